The summed E-state index contributed by atoms with van der Waals surface area (Å²) >= 11 is 0. The van der Waals surface area contributed by atoms with E-state index < -0.39 is 0 Å². The quantitative estimate of drug-likeness (QED) is 0.622. The third kappa shape index (κ3) is 0.683. The Morgan fingerprint density at radius 3 is 2.70 bits per heavy atom. The fraction of sp³-hybridized carbons (Fsp3) is 0.667. The fourth-order valence-electron chi connectivity index (χ4n) is 0.891. The number of rotatable bonds is 1. The predicted octanol–water partition coefficient (Wildman–Crippen LogP) is 0.703. The van der Waals surface area contributed by atoms with Crippen LogP contribution in [0.4, 0.5) is 6.01 Å². The lowest BCUT2D eigenvalue weighted by Gasteiger charge is -1.96. The predicted molar refractivity (Wildman–Crippen MR) is 35.3 cm³/mol. The van der Waals surface area contributed by atoms with Gasteiger partial charge in [-0.25, -0.2) is 0 Å². The summed E-state index contributed by atoms with van der Waals surface area (Å²) in [7, 11) is 0. The molecule has 0 atom stereocenters. The van der Waals surface area contributed by atoms with Gasteiger partial charge in [0.25, 0.3) is 0 Å². The summed E-state index contributed by atoms with van der Waals surface area (Å²) in [6, 6.07) is 0.170. The molecule has 0 amide bonds. The minimum Gasteiger partial charge on any atom is -0.351 e. The van der Waals surface area contributed by atoms with Crippen LogP contribution >= 0.6 is 0 Å². The number of anilines is 1. The van der Waals surface area contributed by atoms with E-state index in [4.69, 9.17) is 5.73 Å². The highest BCUT2D eigenvalue weighted by Crippen LogP contribution is 2.45. The van der Waals surface area contributed by atoms with Crippen molar-refractivity contribution in [1.29, 1.82) is 0 Å². The van der Waals surface area contributed by atoms with Crippen LogP contribution in [0.25, 0.3) is 0 Å². The Bertz CT molecular complexity index is 251. The molecular formula is C6H9N3O. The van der Waals surface area contributed by atoms with Crippen molar-refractivity contribution in [2.75, 3.05) is 5.73 Å². The smallest absolute Gasteiger partial charge is 0.318 e. The highest BCUT2D eigenvalue weighted by molar-refractivity contribution is 5.19. The second kappa shape index (κ2) is 1.51. The van der Waals surface area contributed by atoms with E-state index in [-0.39, 0.29) is 11.4 Å². The van der Waals surface area contributed by atoms with Crippen molar-refractivity contribution in [3.05, 3.63) is 5.82 Å². The Balaban J connectivity index is 2.34. The van der Waals surface area contributed by atoms with Gasteiger partial charge >= 0.3 is 6.01 Å². The molecule has 1 heterocycles. The minimum atomic E-state index is 0.168. The second-order valence-corrected chi connectivity index (χ2v) is 3.02. The second-order valence-electron chi connectivity index (χ2n) is 3.02. The highest BCUT2D eigenvalue weighted by atomic mass is 16.5. The largest absolute Gasteiger partial charge is 0.351 e. The van der Waals surface area contributed by atoms with Gasteiger partial charge in [-0.15, -0.1) is 0 Å². The lowest BCUT2D eigenvalue weighted by atomic mass is 10.1. The molecule has 1 fully saturated rings. The van der Waals surface area contributed by atoms with Crippen molar-refractivity contribution in [2.45, 2.75) is 25.2 Å². The van der Waals surface area contributed by atoms with Crippen LogP contribution in [0, 0.1) is 0 Å². The molecule has 0 aromatic carbocycles. The van der Waals surface area contributed by atoms with Gasteiger partial charge in [0.05, 0.1) is 0 Å². The van der Waals surface area contributed by atoms with Crippen LogP contribution in [0.1, 0.15) is 25.6 Å². The van der Waals surface area contributed by atoms with E-state index in [1.807, 2.05) is 0 Å². The summed E-state index contributed by atoms with van der Waals surface area (Å²) in [5.74, 6) is 0.755. The number of nitrogen functional groups attached to an aromatic ring is 1. The van der Waals surface area contributed by atoms with Crippen LogP contribution in [0.3, 0.4) is 0 Å². The zero-order valence-electron chi connectivity index (χ0n) is 5.79. The zero-order valence-corrected chi connectivity index (χ0v) is 5.79. The summed E-state index contributed by atoms with van der Waals surface area (Å²) in [5, 5.41) is 3.74. The van der Waals surface area contributed by atoms with E-state index in [9.17, 15) is 0 Å². The zero-order chi connectivity index (χ0) is 7.19. The molecule has 0 radical (unpaired) electrons. The van der Waals surface area contributed by atoms with Crippen molar-refractivity contribution in [3.8, 4) is 0 Å². The maximum Gasteiger partial charge on any atom is 0.318 e. The maximum absolute atomic E-state index is 5.26. The molecule has 0 bridgehead atoms. The van der Waals surface area contributed by atoms with Crippen molar-refractivity contribution >= 4 is 6.01 Å². The topological polar surface area (TPSA) is 64.9 Å². The van der Waals surface area contributed by atoms with Crippen molar-refractivity contribution in [1.82, 2.24) is 10.1 Å². The van der Waals surface area contributed by atoms with Gasteiger partial charge in [-0.1, -0.05) is 12.1 Å². The van der Waals surface area contributed by atoms with Crippen molar-refractivity contribution in [2.24, 2.45) is 0 Å². The molecule has 0 aliphatic heterocycles. The molecule has 0 saturated heterocycles. The molecule has 2 N–H and O–H groups in total. The normalized spacial score (nSPS) is 20.9. The van der Waals surface area contributed by atoms with Crippen LogP contribution in [0.15, 0.2) is 4.52 Å². The first-order valence-electron chi connectivity index (χ1n) is 3.30. The van der Waals surface area contributed by atoms with Gasteiger partial charge in [0.2, 0.25) is 0 Å². The Morgan fingerprint density at radius 2 is 2.30 bits per heavy atom. The van der Waals surface area contributed by atoms with E-state index in [1.165, 1.54) is 0 Å². The van der Waals surface area contributed by atoms with E-state index in [0.29, 0.717) is 0 Å². The Hall–Kier alpha value is -1.06. The summed E-state index contributed by atoms with van der Waals surface area (Å²) in [5.41, 5.74) is 5.43. The third-order valence-electron chi connectivity index (χ3n) is 1.98. The number of hydrogen-bond acceptors (Lipinski definition) is 4. The van der Waals surface area contributed by atoms with E-state index in [1.54, 1.807) is 0 Å². The summed E-state index contributed by atoms with van der Waals surface area (Å²) in [6.45, 7) is 2.11. The van der Waals surface area contributed by atoms with Gasteiger partial charge in [0, 0.05) is 5.41 Å². The molecule has 10 heavy (non-hydrogen) atoms. The van der Waals surface area contributed by atoms with Crippen LogP contribution in [-0.4, -0.2) is 10.1 Å². The minimum absolute atomic E-state index is 0.168. The molecule has 4 heteroatoms. The Morgan fingerprint density at radius 1 is 1.60 bits per heavy atom. The SMILES string of the molecule is CC1(c2noc(N)n2)CC1. The highest BCUT2D eigenvalue weighted by Gasteiger charge is 2.43. The first-order valence-corrected chi connectivity index (χ1v) is 3.30. The first kappa shape index (κ1) is 5.70. The molecule has 0 unspecified atom stereocenters. The molecule has 1 aliphatic rings. The van der Waals surface area contributed by atoms with Gasteiger partial charge in [0.15, 0.2) is 5.82 Å². The van der Waals surface area contributed by atoms with Crippen LogP contribution in [-0.2, 0) is 5.41 Å². The summed E-state index contributed by atoms with van der Waals surface area (Å²) in [6.07, 6.45) is 2.29. The van der Waals surface area contributed by atoms with E-state index >= 15 is 0 Å². The van der Waals surface area contributed by atoms with Crippen molar-refractivity contribution in [3.63, 3.8) is 0 Å². The average molecular weight is 139 g/mol. The Kier molecular flexibility index (Phi) is 0.859. The van der Waals surface area contributed by atoms with Gasteiger partial charge in [-0.05, 0) is 12.8 Å². The van der Waals surface area contributed by atoms with Crippen LogP contribution in [0.2, 0.25) is 0 Å². The number of nitrogens with two attached hydrogens (primary N) is 1. The van der Waals surface area contributed by atoms with Gasteiger partial charge in [-0.2, -0.15) is 4.98 Å². The molecule has 1 aliphatic carbocycles. The average Bonchev–Trinajstić information content (AvgIpc) is 2.45. The molecule has 4 nitrogen and oxygen atoms in total. The fourth-order valence-corrected chi connectivity index (χ4v) is 0.891. The molecule has 54 valence electrons. The molecule has 1 aromatic rings. The van der Waals surface area contributed by atoms with E-state index in [2.05, 4.69) is 21.6 Å². The maximum atomic E-state index is 5.26. The third-order valence-corrected chi connectivity index (χ3v) is 1.98. The van der Waals surface area contributed by atoms with Gasteiger partial charge in [0.1, 0.15) is 0 Å². The lowest BCUT2D eigenvalue weighted by molar-refractivity contribution is 0.420. The molecule has 0 spiro atoms. The monoisotopic (exact) mass is 139 g/mol. The van der Waals surface area contributed by atoms with Crippen molar-refractivity contribution < 1.29 is 4.52 Å². The van der Waals surface area contributed by atoms with Gasteiger partial charge in [-0.3, -0.25) is 0 Å². The molecule has 1 saturated carbocycles. The molecule has 1 aromatic heterocycles. The summed E-state index contributed by atoms with van der Waals surface area (Å²) in [4.78, 5) is 3.94. The van der Waals surface area contributed by atoms with Crippen LogP contribution in [0.5, 0.6) is 0 Å². The van der Waals surface area contributed by atoms with Gasteiger partial charge < -0.3 is 10.3 Å². The number of aromatic nitrogens is 2. The first-order chi connectivity index (χ1) is 4.71. The molecule has 2 rings (SSSR count). The Labute approximate surface area is 58.4 Å². The standard InChI is InChI=1S/C6H9N3O/c1-6(2-3-6)4-8-5(7)10-9-4/h2-3H2,1H3,(H2,7,8,9). The van der Waals surface area contributed by atoms with Crippen LogP contribution < -0.4 is 5.73 Å². The molecular weight excluding hydrogens is 130 g/mol. The van der Waals surface area contributed by atoms with E-state index in [0.717, 1.165) is 18.7 Å². The lowest BCUT2D eigenvalue weighted by Crippen LogP contribution is -2.02. The number of nitrogens with zero attached hydrogens (tertiary/aromatic N) is 2. The summed E-state index contributed by atoms with van der Waals surface area (Å²) < 4.78 is 4.65. The number of hydrogen-bond donors (Lipinski definition) is 1.